The molecule has 0 bridgehead atoms. The van der Waals surface area contributed by atoms with Gasteiger partial charge in [-0.2, -0.15) is 0 Å². The van der Waals surface area contributed by atoms with Gasteiger partial charge in [0.15, 0.2) is 11.5 Å². The number of nitrogens with zero attached hydrogens (tertiary/aromatic N) is 2. The summed E-state index contributed by atoms with van der Waals surface area (Å²) in [7, 11) is 0. The lowest BCUT2D eigenvalue weighted by atomic mass is 10.1. The minimum atomic E-state index is -0.323. The molecule has 0 saturated carbocycles. The molecular formula is C27H21N3O3S. The second-order valence-corrected chi connectivity index (χ2v) is 9.58. The Morgan fingerprint density at radius 1 is 1.03 bits per heavy atom. The van der Waals surface area contributed by atoms with E-state index in [1.165, 1.54) is 10.3 Å². The van der Waals surface area contributed by atoms with Gasteiger partial charge >= 0.3 is 0 Å². The number of amides is 1. The Bertz CT molecular complexity index is 1530. The standard InChI is InChI=1S/C27H21N3O3S/c1-15-3-9-21-25(11-15)34-27(29-21)17-4-7-20(8-5-17)28-26(31)22-14-24(33-30-22)18-6-10-23-19(13-18)12-16(2)32-23/h3-11,13-14,16H,12H2,1-2H3,(H,28,31). The molecule has 1 amide bonds. The van der Waals surface area contributed by atoms with Gasteiger partial charge in [0.2, 0.25) is 0 Å². The van der Waals surface area contributed by atoms with Gasteiger partial charge < -0.3 is 14.6 Å². The maximum Gasteiger partial charge on any atom is 0.277 e. The normalized spacial score (nSPS) is 14.7. The highest BCUT2D eigenvalue weighted by Crippen LogP contribution is 2.34. The van der Waals surface area contributed by atoms with Crippen molar-refractivity contribution >= 4 is 33.1 Å². The Hall–Kier alpha value is -3.97. The highest BCUT2D eigenvalue weighted by Gasteiger charge is 2.21. The summed E-state index contributed by atoms with van der Waals surface area (Å²) in [6.07, 6.45) is 1.03. The molecule has 1 aliphatic heterocycles. The number of thiazole rings is 1. The Morgan fingerprint density at radius 2 is 1.85 bits per heavy atom. The van der Waals surface area contributed by atoms with Gasteiger partial charge in [-0.3, -0.25) is 4.79 Å². The zero-order valence-corrected chi connectivity index (χ0v) is 19.5. The van der Waals surface area contributed by atoms with E-state index in [-0.39, 0.29) is 17.7 Å². The van der Waals surface area contributed by atoms with Crippen molar-refractivity contribution in [3.63, 3.8) is 0 Å². The third-order valence-corrected chi connectivity index (χ3v) is 6.92. The van der Waals surface area contributed by atoms with Crippen LogP contribution in [0, 0.1) is 6.92 Å². The quantitative estimate of drug-likeness (QED) is 0.326. The van der Waals surface area contributed by atoms with Crippen molar-refractivity contribution in [1.82, 2.24) is 10.1 Å². The number of carbonyl (C=O) groups excluding carboxylic acids is 1. The predicted octanol–water partition coefficient (Wildman–Crippen LogP) is 6.50. The van der Waals surface area contributed by atoms with Crippen LogP contribution in [-0.2, 0) is 6.42 Å². The van der Waals surface area contributed by atoms with Crippen molar-refractivity contribution in [2.24, 2.45) is 0 Å². The third-order valence-electron chi connectivity index (χ3n) is 5.86. The second-order valence-electron chi connectivity index (χ2n) is 8.55. The smallest absolute Gasteiger partial charge is 0.277 e. The molecule has 3 heterocycles. The van der Waals surface area contributed by atoms with Crippen molar-refractivity contribution in [2.75, 3.05) is 5.32 Å². The number of carbonyl (C=O) groups is 1. The van der Waals surface area contributed by atoms with E-state index in [1.54, 1.807) is 17.4 Å². The molecule has 7 heteroatoms. The highest BCUT2D eigenvalue weighted by atomic mass is 32.1. The number of ether oxygens (including phenoxy) is 1. The van der Waals surface area contributed by atoms with Gasteiger partial charge in [0.05, 0.1) is 10.2 Å². The van der Waals surface area contributed by atoms with E-state index in [2.05, 4.69) is 29.5 Å². The number of rotatable bonds is 4. The third kappa shape index (κ3) is 3.84. The summed E-state index contributed by atoms with van der Waals surface area (Å²) in [5.41, 5.74) is 6.14. The SMILES string of the molecule is Cc1ccc2nc(-c3ccc(NC(=O)c4cc(-c5ccc6c(c5)CC(C)O6)on4)cc3)sc2c1. The molecule has 34 heavy (non-hydrogen) atoms. The van der Waals surface area contributed by atoms with E-state index < -0.39 is 0 Å². The molecule has 1 atom stereocenters. The summed E-state index contributed by atoms with van der Waals surface area (Å²) in [6, 6.07) is 21.5. The lowest BCUT2D eigenvalue weighted by Gasteiger charge is -2.03. The Balaban J connectivity index is 1.17. The molecule has 6 nitrogen and oxygen atoms in total. The van der Waals surface area contributed by atoms with E-state index in [4.69, 9.17) is 14.2 Å². The van der Waals surface area contributed by atoms with Crippen molar-refractivity contribution in [2.45, 2.75) is 26.4 Å². The Kier molecular flexibility index (Phi) is 4.92. The van der Waals surface area contributed by atoms with Crippen LogP contribution in [0.2, 0.25) is 0 Å². The maximum atomic E-state index is 12.7. The lowest BCUT2D eigenvalue weighted by molar-refractivity contribution is 0.101. The Morgan fingerprint density at radius 3 is 2.71 bits per heavy atom. The molecule has 3 aromatic carbocycles. The van der Waals surface area contributed by atoms with Gasteiger partial charge in [-0.25, -0.2) is 4.98 Å². The van der Waals surface area contributed by atoms with Crippen LogP contribution in [0.5, 0.6) is 5.75 Å². The van der Waals surface area contributed by atoms with Crippen LogP contribution in [0.3, 0.4) is 0 Å². The molecular weight excluding hydrogens is 446 g/mol. The van der Waals surface area contributed by atoms with Gasteiger partial charge in [-0.15, -0.1) is 11.3 Å². The first-order valence-corrected chi connectivity index (χ1v) is 11.9. The van der Waals surface area contributed by atoms with E-state index in [0.29, 0.717) is 11.4 Å². The number of anilines is 1. The lowest BCUT2D eigenvalue weighted by Crippen LogP contribution is -2.11. The fourth-order valence-electron chi connectivity index (χ4n) is 4.14. The maximum absolute atomic E-state index is 12.7. The first kappa shape index (κ1) is 20.6. The molecule has 0 spiro atoms. The molecule has 2 aromatic heterocycles. The summed E-state index contributed by atoms with van der Waals surface area (Å²) >= 11 is 1.66. The average molecular weight is 468 g/mol. The molecule has 0 radical (unpaired) electrons. The van der Waals surface area contributed by atoms with Crippen LogP contribution < -0.4 is 10.1 Å². The molecule has 5 aromatic rings. The summed E-state index contributed by atoms with van der Waals surface area (Å²) in [5, 5.41) is 7.80. The molecule has 168 valence electrons. The summed E-state index contributed by atoms with van der Waals surface area (Å²) < 4.78 is 12.4. The van der Waals surface area contributed by atoms with Gasteiger partial charge in [-0.1, -0.05) is 11.2 Å². The highest BCUT2D eigenvalue weighted by molar-refractivity contribution is 7.21. The van der Waals surface area contributed by atoms with Gasteiger partial charge in [0.25, 0.3) is 5.91 Å². The summed E-state index contributed by atoms with van der Waals surface area (Å²) in [5.74, 6) is 1.13. The van der Waals surface area contributed by atoms with Crippen molar-refractivity contribution in [1.29, 1.82) is 0 Å². The van der Waals surface area contributed by atoms with Crippen LogP contribution in [0.4, 0.5) is 5.69 Å². The molecule has 0 aliphatic carbocycles. The van der Waals surface area contributed by atoms with E-state index in [0.717, 1.165) is 39.4 Å². The summed E-state index contributed by atoms with van der Waals surface area (Å²) in [6.45, 7) is 4.12. The van der Waals surface area contributed by atoms with Crippen LogP contribution in [0.15, 0.2) is 71.3 Å². The van der Waals surface area contributed by atoms with E-state index in [1.807, 2.05) is 55.5 Å². The molecule has 1 unspecified atom stereocenters. The first-order chi connectivity index (χ1) is 16.5. The Labute approximate surface area is 200 Å². The molecule has 0 saturated heterocycles. The fourth-order valence-corrected chi connectivity index (χ4v) is 5.21. The number of fused-ring (bicyclic) bond motifs is 2. The van der Waals surface area contributed by atoms with Gasteiger partial charge in [0.1, 0.15) is 16.9 Å². The van der Waals surface area contributed by atoms with Crippen LogP contribution in [0.1, 0.15) is 28.5 Å². The number of nitrogens with one attached hydrogen (secondary N) is 1. The molecule has 1 N–H and O–H groups in total. The van der Waals surface area contributed by atoms with Crippen molar-refractivity contribution in [3.05, 3.63) is 83.6 Å². The van der Waals surface area contributed by atoms with Crippen LogP contribution in [-0.4, -0.2) is 22.2 Å². The van der Waals surface area contributed by atoms with Crippen LogP contribution >= 0.6 is 11.3 Å². The van der Waals surface area contributed by atoms with Crippen molar-refractivity contribution in [3.8, 4) is 27.6 Å². The molecule has 6 rings (SSSR count). The zero-order chi connectivity index (χ0) is 23.2. The second kappa shape index (κ2) is 8.11. The number of aromatic nitrogens is 2. The molecule has 0 fully saturated rings. The van der Waals surface area contributed by atoms with Crippen LogP contribution in [0.25, 0.3) is 32.1 Å². The average Bonchev–Trinajstić information content (AvgIpc) is 3.56. The number of benzene rings is 3. The zero-order valence-electron chi connectivity index (χ0n) is 18.7. The minimum absolute atomic E-state index is 0.173. The largest absolute Gasteiger partial charge is 0.490 e. The number of hydrogen-bond acceptors (Lipinski definition) is 6. The number of aryl methyl sites for hydroxylation is 1. The topological polar surface area (TPSA) is 77.2 Å². The monoisotopic (exact) mass is 467 g/mol. The van der Waals surface area contributed by atoms with E-state index in [9.17, 15) is 4.79 Å². The fraction of sp³-hybridized carbons (Fsp3) is 0.148. The van der Waals surface area contributed by atoms with Gasteiger partial charge in [-0.05, 0) is 79.6 Å². The first-order valence-electron chi connectivity index (χ1n) is 11.1. The van der Waals surface area contributed by atoms with E-state index >= 15 is 0 Å². The molecule has 1 aliphatic rings. The van der Waals surface area contributed by atoms with Gasteiger partial charge in [0, 0.05) is 29.3 Å². The summed E-state index contributed by atoms with van der Waals surface area (Å²) in [4.78, 5) is 17.4. The minimum Gasteiger partial charge on any atom is -0.490 e. The van der Waals surface area contributed by atoms with Crippen molar-refractivity contribution < 1.29 is 14.1 Å². The predicted molar refractivity (Wildman–Crippen MR) is 133 cm³/mol. The number of hydrogen-bond donors (Lipinski definition) is 1.